The second-order valence-electron chi connectivity index (χ2n) is 12.4. The summed E-state index contributed by atoms with van der Waals surface area (Å²) < 4.78 is 0. The van der Waals surface area contributed by atoms with Gasteiger partial charge in [0, 0.05) is 5.41 Å². The molecule has 0 aliphatic heterocycles. The van der Waals surface area contributed by atoms with Crippen LogP contribution in [-0.2, 0) is 0 Å². The Balaban J connectivity index is 1.50. The molecule has 1 heteroatoms. The van der Waals surface area contributed by atoms with Crippen LogP contribution in [0.5, 0.6) is 0 Å². The van der Waals surface area contributed by atoms with E-state index in [9.17, 15) is 5.11 Å². The number of allylic oxidation sites excluding steroid dienone is 2. The Morgan fingerprint density at radius 2 is 1.80 bits per heavy atom. The van der Waals surface area contributed by atoms with Gasteiger partial charge in [0.25, 0.3) is 0 Å². The standard InChI is InChI=1S/C29H48O/c1-7-21(19(2)3)12-11-20(4)24-15-16-25-23-14-13-22-9-8-10-27(30)29(22,6)26(23)17-18-28(24,25)5/h8-9,13,19-21,23-27,30H,7,10-12,14-18H2,1-6H3/t20-,21-,23-,24-,25+,26+,27?,28-,29-/m1/s1. The smallest absolute Gasteiger partial charge is 0.0671 e. The molecule has 0 aromatic heterocycles. The molecule has 0 spiro atoms. The van der Waals surface area contributed by atoms with Crippen LogP contribution in [0, 0.1) is 52.3 Å². The molecule has 0 amide bonds. The zero-order chi connectivity index (χ0) is 21.7. The molecule has 0 aromatic carbocycles. The summed E-state index contributed by atoms with van der Waals surface area (Å²) >= 11 is 0. The molecular formula is C29H48O. The van der Waals surface area contributed by atoms with Gasteiger partial charge in [-0.3, -0.25) is 0 Å². The van der Waals surface area contributed by atoms with Crippen molar-refractivity contribution in [2.75, 3.05) is 0 Å². The molecule has 4 aliphatic rings. The van der Waals surface area contributed by atoms with Crippen LogP contribution in [-0.4, -0.2) is 11.2 Å². The summed E-state index contributed by atoms with van der Waals surface area (Å²) in [6.07, 6.45) is 18.7. The maximum Gasteiger partial charge on any atom is 0.0671 e. The maximum absolute atomic E-state index is 11.0. The van der Waals surface area contributed by atoms with Crippen molar-refractivity contribution >= 4 is 0 Å². The van der Waals surface area contributed by atoms with Gasteiger partial charge in [-0.1, -0.05) is 72.6 Å². The quantitative estimate of drug-likeness (QED) is 0.472. The van der Waals surface area contributed by atoms with E-state index in [-0.39, 0.29) is 11.5 Å². The Bertz CT molecular complexity index is 674. The van der Waals surface area contributed by atoms with Crippen LogP contribution in [0.15, 0.2) is 23.8 Å². The number of hydrogen-bond acceptors (Lipinski definition) is 1. The molecule has 1 N–H and O–H groups in total. The van der Waals surface area contributed by atoms with E-state index in [2.05, 4.69) is 59.8 Å². The minimum absolute atomic E-state index is 0.00564. The lowest BCUT2D eigenvalue weighted by Gasteiger charge is -2.58. The van der Waals surface area contributed by atoms with Crippen molar-refractivity contribution in [3.05, 3.63) is 23.8 Å². The van der Waals surface area contributed by atoms with Crippen LogP contribution < -0.4 is 0 Å². The zero-order valence-corrected chi connectivity index (χ0v) is 20.7. The van der Waals surface area contributed by atoms with E-state index >= 15 is 0 Å². The molecule has 1 nitrogen and oxygen atoms in total. The molecule has 0 bridgehead atoms. The lowest BCUT2D eigenvalue weighted by atomic mass is 9.47. The van der Waals surface area contributed by atoms with E-state index in [0.29, 0.717) is 11.3 Å². The number of hydrogen-bond donors (Lipinski definition) is 1. The molecule has 4 rings (SSSR count). The van der Waals surface area contributed by atoms with Crippen molar-refractivity contribution in [2.45, 2.75) is 105 Å². The van der Waals surface area contributed by atoms with Crippen molar-refractivity contribution in [1.82, 2.24) is 0 Å². The fourth-order valence-corrected chi connectivity index (χ4v) is 8.98. The van der Waals surface area contributed by atoms with Crippen LogP contribution in [0.4, 0.5) is 0 Å². The Hall–Kier alpha value is -0.560. The second kappa shape index (κ2) is 8.42. The van der Waals surface area contributed by atoms with Gasteiger partial charge in [0.2, 0.25) is 0 Å². The minimum atomic E-state index is -0.191. The van der Waals surface area contributed by atoms with Crippen LogP contribution >= 0.6 is 0 Å². The van der Waals surface area contributed by atoms with Crippen molar-refractivity contribution in [2.24, 2.45) is 52.3 Å². The third-order valence-corrected chi connectivity index (χ3v) is 11.0. The molecule has 0 aromatic rings. The largest absolute Gasteiger partial charge is 0.392 e. The number of rotatable bonds is 6. The number of aliphatic hydroxyl groups is 1. The highest BCUT2D eigenvalue weighted by Gasteiger charge is 2.60. The lowest BCUT2D eigenvalue weighted by Crippen LogP contribution is -2.53. The predicted octanol–water partition coefficient (Wildman–Crippen LogP) is 7.80. The molecule has 0 saturated heterocycles. The van der Waals surface area contributed by atoms with E-state index in [1.807, 2.05) is 0 Å². The molecule has 0 radical (unpaired) electrons. The Morgan fingerprint density at radius 1 is 1.03 bits per heavy atom. The highest BCUT2D eigenvalue weighted by molar-refractivity contribution is 5.36. The number of aliphatic hydroxyl groups excluding tert-OH is 1. The van der Waals surface area contributed by atoms with Crippen LogP contribution in [0.2, 0.25) is 0 Å². The van der Waals surface area contributed by atoms with Crippen molar-refractivity contribution in [1.29, 1.82) is 0 Å². The summed E-state index contributed by atoms with van der Waals surface area (Å²) in [4.78, 5) is 0. The Labute approximate surface area is 186 Å². The second-order valence-corrected chi connectivity index (χ2v) is 12.4. The average molecular weight is 413 g/mol. The van der Waals surface area contributed by atoms with Gasteiger partial charge in [0.1, 0.15) is 0 Å². The molecule has 30 heavy (non-hydrogen) atoms. The van der Waals surface area contributed by atoms with E-state index in [4.69, 9.17) is 0 Å². The minimum Gasteiger partial charge on any atom is -0.392 e. The van der Waals surface area contributed by atoms with Gasteiger partial charge in [-0.2, -0.15) is 0 Å². The van der Waals surface area contributed by atoms with Gasteiger partial charge in [0.15, 0.2) is 0 Å². The molecule has 0 heterocycles. The maximum atomic E-state index is 11.0. The van der Waals surface area contributed by atoms with Crippen molar-refractivity contribution in [3.63, 3.8) is 0 Å². The Kier molecular flexibility index (Phi) is 6.35. The zero-order valence-electron chi connectivity index (χ0n) is 20.7. The van der Waals surface area contributed by atoms with E-state index < -0.39 is 0 Å². The average Bonchev–Trinajstić information content (AvgIpc) is 3.06. The SMILES string of the molecule is CC[C@H](CC[C@@H](C)[C@H]1CC[C@H]2[C@H]3CC=C4C=CCC(O)[C@@]4(C)[C@H]3CC[C@]12C)C(C)C. The van der Waals surface area contributed by atoms with Crippen LogP contribution in [0.3, 0.4) is 0 Å². The van der Waals surface area contributed by atoms with Crippen molar-refractivity contribution in [3.8, 4) is 0 Å². The monoisotopic (exact) mass is 412 g/mol. The van der Waals surface area contributed by atoms with Gasteiger partial charge < -0.3 is 5.11 Å². The molecule has 1 unspecified atom stereocenters. The van der Waals surface area contributed by atoms with E-state index in [1.54, 1.807) is 0 Å². The molecule has 2 saturated carbocycles. The molecular weight excluding hydrogens is 364 g/mol. The Morgan fingerprint density at radius 3 is 2.50 bits per heavy atom. The third kappa shape index (κ3) is 3.46. The number of fused-ring (bicyclic) bond motifs is 5. The highest BCUT2D eigenvalue weighted by Crippen LogP contribution is 2.66. The first-order valence-corrected chi connectivity index (χ1v) is 13.3. The summed E-state index contributed by atoms with van der Waals surface area (Å²) in [6, 6.07) is 0. The fourth-order valence-electron chi connectivity index (χ4n) is 8.98. The predicted molar refractivity (Wildman–Crippen MR) is 128 cm³/mol. The van der Waals surface area contributed by atoms with Crippen LogP contribution in [0.25, 0.3) is 0 Å². The fraction of sp³-hybridized carbons (Fsp3) is 0.862. The van der Waals surface area contributed by atoms with Gasteiger partial charge >= 0.3 is 0 Å². The summed E-state index contributed by atoms with van der Waals surface area (Å²) in [5.41, 5.74) is 1.96. The normalized spacial score (nSPS) is 44.8. The summed E-state index contributed by atoms with van der Waals surface area (Å²) in [7, 11) is 0. The van der Waals surface area contributed by atoms with Crippen LogP contribution in [0.1, 0.15) is 99.3 Å². The topological polar surface area (TPSA) is 20.2 Å². The van der Waals surface area contributed by atoms with Gasteiger partial charge in [-0.25, -0.2) is 0 Å². The lowest BCUT2D eigenvalue weighted by molar-refractivity contribution is -0.0825. The first-order valence-electron chi connectivity index (χ1n) is 13.3. The molecule has 9 atom stereocenters. The van der Waals surface area contributed by atoms with E-state index in [1.165, 1.54) is 56.9 Å². The van der Waals surface area contributed by atoms with Gasteiger partial charge in [-0.15, -0.1) is 0 Å². The summed E-state index contributed by atoms with van der Waals surface area (Å²) in [5.74, 6) is 5.81. The summed E-state index contributed by atoms with van der Waals surface area (Å²) in [5, 5.41) is 11.0. The highest BCUT2D eigenvalue weighted by atomic mass is 16.3. The molecule has 4 aliphatic carbocycles. The third-order valence-electron chi connectivity index (χ3n) is 11.0. The first-order chi connectivity index (χ1) is 14.2. The van der Waals surface area contributed by atoms with Crippen molar-refractivity contribution < 1.29 is 5.11 Å². The summed E-state index contributed by atoms with van der Waals surface area (Å²) in [6.45, 7) is 14.8. The van der Waals surface area contributed by atoms with E-state index in [0.717, 1.165) is 41.9 Å². The van der Waals surface area contributed by atoms with Gasteiger partial charge in [0.05, 0.1) is 6.10 Å². The first kappa shape index (κ1) is 22.6. The molecule has 170 valence electrons. The molecule has 2 fully saturated rings. The van der Waals surface area contributed by atoms with Gasteiger partial charge in [-0.05, 0) is 97.4 Å².